The van der Waals surface area contributed by atoms with Crippen molar-refractivity contribution in [3.8, 4) is 0 Å². The molecule has 220 valence electrons. The summed E-state index contributed by atoms with van der Waals surface area (Å²) in [7, 11) is 0. The summed E-state index contributed by atoms with van der Waals surface area (Å²) >= 11 is 0. The van der Waals surface area contributed by atoms with Crippen LogP contribution in [0.25, 0.3) is 0 Å². The monoisotopic (exact) mass is 519 g/mol. The van der Waals surface area contributed by atoms with E-state index >= 15 is 0 Å². The first-order valence-corrected chi connectivity index (χ1v) is 17.4. The molecule has 1 atom stereocenters. The highest BCUT2D eigenvalue weighted by Gasteiger charge is 2.28. The van der Waals surface area contributed by atoms with Gasteiger partial charge in [-0.1, -0.05) is 175 Å². The Labute approximate surface area is 235 Å². The van der Waals surface area contributed by atoms with E-state index in [0.29, 0.717) is 12.1 Å². The van der Waals surface area contributed by atoms with E-state index in [0.717, 1.165) is 0 Å². The Morgan fingerprint density at radius 3 is 0.892 bits per heavy atom. The van der Waals surface area contributed by atoms with E-state index in [1.165, 1.54) is 174 Å². The van der Waals surface area contributed by atoms with Gasteiger partial charge in [-0.2, -0.15) is 0 Å². The van der Waals surface area contributed by atoms with E-state index in [1.54, 1.807) is 0 Å². The maximum atomic E-state index is 2.64. The topological polar surface area (TPSA) is 6.48 Å². The molecule has 1 unspecified atom stereocenters. The molecule has 0 saturated heterocycles. The molecule has 0 fully saturated rings. The van der Waals surface area contributed by atoms with E-state index in [9.17, 15) is 0 Å². The third kappa shape index (κ3) is 19.1. The zero-order valence-electron chi connectivity index (χ0n) is 26.3. The van der Waals surface area contributed by atoms with Crippen LogP contribution < -0.4 is 0 Å². The van der Waals surface area contributed by atoms with E-state index in [1.807, 2.05) is 0 Å². The van der Waals surface area contributed by atoms with Crippen LogP contribution in [-0.2, 0) is 0 Å². The molecule has 0 saturated carbocycles. The van der Waals surface area contributed by atoms with E-state index < -0.39 is 0 Å². The minimum Gasteiger partial charge on any atom is -0.356 e. The van der Waals surface area contributed by atoms with Gasteiger partial charge in [0.1, 0.15) is 6.17 Å². The molecule has 0 radical (unpaired) electrons. The van der Waals surface area contributed by atoms with Gasteiger partial charge in [0.25, 0.3) is 0 Å². The van der Waals surface area contributed by atoms with Crippen LogP contribution in [0.5, 0.6) is 0 Å². The van der Waals surface area contributed by atoms with Crippen molar-refractivity contribution in [2.75, 3.05) is 13.1 Å². The van der Waals surface area contributed by atoms with Gasteiger partial charge >= 0.3 is 0 Å². The Hall–Kier alpha value is -0.660. The Balaban J connectivity index is 1.94. The molecule has 2 heteroatoms. The molecule has 0 aromatic heterocycles. The standard InChI is InChI=1S/C35H70N2/c1-5-7-9-11-13-15-16-17-18-19-20-21-22-23-25-27-29-31-37-33-32-36(35(37)34(3)4)30-28-26-24-14-12-10-8-6-2/h32-35H,5-31H2,1-4H3. The highest BCUT2D eigenvalue weighted by atomic mass is 15.4. The van der Waals surface area contributed by atoms with Gasteiger partial charge < -0.3 is 9.80 Å². The van der Waals surface area contributed by atoms with Crippen molar-refractivity contribution in [2.45, 2.75) is 194 Å². The smallest absolute Gasteiger partial charge is 0.103 e. The van der Waals surface area contributed by atoms with Crippen molar-refractivity contribution in [1.29, 1.82) is 0 Å². The number of hydrogen-bond donors (Lipinski definition) is 0. The molecule has 0 aromatic rings. The van der Waals surface area contributed by atoms with Crippen LogP contribution in [0.4, 0.5) is 0 Å². The zero-order chi connectivity index (χ0) is 26.8. The molecule has 2 nitrogen and oxygen atoms in total. The van der Waals surface area contributed by atoms with Crippen LogP contribution >= 0.6 is 0 Å². The quantitative estimate of drug-likeness (QED) is 0.0950. The predicted octanol–water partition coefficient (Wildman–Crippen LogP) is 11.8. The zero-order valence-corrected chi connectivity index (χ0v) is 26.3. The van der Waals surface area contributed by atoms with Gasteiger partial charge in [-0.05, 0) is 18.8 Å². The lowest BCUT2D eigenvalue weighted by Gasteiger charge is -2.36. The van der Waals surface area contributed by atoms with Crippen molar-refractivity contribution in [3.63, 3.8) is 0 Å². The first-order valence-electron chi connectivity index (χ1n) is 17.4. The second-order valence-electron chi connectivity index (χ2n) is 12.6. The second-order valence-corrected chi connectivity index (χ2v) is 12.6. The minimum atomic E-state index is 0.589. The van der Waals surface area contributed by atoms with Crippen molar-refractivity contribution in [1.82, 2.24) is 9.80 Å². The largest absolute Gasteiger partial charge is 0.356 e. The van der Waals surface area contributed by atoms with E-state index in [4.69, 9.17) is 0 Å². The van der Waals surface area contributed by atoms with Gasteiger partial charge in [0.05, 0.1) is 0 Å². The summed E-state index contributed by atoms with van der Waals surface area (Å²) in [5, 5.41) is 0. The lowest BCUT2D eigenvalue weighted by molar-refractivity contribution is 0.104. The lowest BCUT2D eigenvalue weighted by atomic mass is 10.0. The molecule has 1 aliphatic heterocycles. The second kappa shape index (κ2) is 25.6. The summed E-state index contributed by atoms with van der Waals surface area (Å²) in [6.45, 7) is 11.9. The molecule has 1 rings (SSSR count). The van der Waals surface area contributed by atoms with Gasteiger partial charge in [-0.3, -0.25) is 0 Å². The van der Waals surface area contributed by atoms with Crippen LogP contribution in [0.2, 0.25) is 0 Å². The van der Waals surface area contributed by atoms with Crippen molar-refractivity contribution in [2.24, 2.45) is 5.92 Å². The van der Waals surface area contributed by atoms with Gasteiger partial charge in [0.15, 0.2) is 0 Å². The molecule has 0 N–H and O–H groups in total. The molecular weight excluding hydrogens is 448 g/mol. The normalized spacial score (nSPS) is 15.5. The maximum absolute atomic E-state index is 2.64. The number of unbranched alkanes of at least 4 members (excludes halogenated alkanes) is 23. The lowest BCUT2D eigenvalue weighted by Crippen LogP contribution is -2.43. The summed E-state index contributed by atoms with van der Waals surface area (Å²) in [4.78, 5) is 5.27. The van der Waals surface area contributed by atoms with Crippen LogP contribution in [0.15, 0.2) is 12.4 Å². The van der Waals surface area contributed by atoms with Gasteiger partial charge in [-0.15, -0.1) is 0 Å². The van der Waals surface area contributed by atoms with Gasteiger partial charge in [0.2, 0.25) is 0 Å². The summed E-state index contributed by atoms with van der Waals surface area (Å²) in [5.41, 5.74) is 0. The van der Waals surface area contributed by atoms with Gasteiger partial charge in [0, 0.05) is 25.5 Å². The Kier molecular flexibility index (Phi) is 23.8. The molecule has 1 aliphatic rings. The summed E-state index contributed by atoms with van der Waals surface area (Å²) in [6, 6.07) is 0. The molecule has 1 heterocycles. The third-order valence-corrected chi connectivity index (χ3v) is 8.52. The average molecular weight is 519 g/mol. The van der Waals surface area contributed by atoms with Crippen LogP contribution in [0, 0.1) is 5.92 Å². The van der Waals surface area contributed by atoms with Gasteiger partial charge in [-0.25, -0.2) is 0 Å². The fourth-order valence-corrected chi connectivity index (χ4v) is 6.17. The first kappa shape index (κ1) is 34.4. The fourth-order valence-electron chi connectivity index (χ4n) is 6.17. The van der Waals surface area contributed by atoms with E-state index in [-0.39, 0.29) is 0 Å². The number of hydrogen-bond acceptors (Lipinski definition) is 2. The summed E-state index contributed by atoms with van der Waals surface area (Å²) in [5.74, 6) is 0.690. The molecular formula is C35H70N2. The fraction of sp³-hybridized carbons (Fsp3) is 0.943. The predicted molar refractivity (Wildman–Crippen MR) is 168 cm³/mol. The molecule has 0 aromatic carbocycles. The average Bonchev–Trinajstić information content (AvgIpc) is 3.30. The Morgan fingerprint density at radius 2 is 0.649 bits per heavy atom. The Bertz CT molecular complexity index is 486. The van der Waals surface area contributed by atoms with Crippen LogP contribution in [-0.4, -0.2) is 29.1 Å². The molecule has 0 bridgehead atoms. The third-order valence-electron chi connectivity index (χ3n) is 8.52. The molecule has 37 heavy (non-hydrogen) atoms. The summed E-state index contributed by atoms with van der Waals surface area (Å²) in [6.07, 6.45) is 41.3. The van der Waals surface area contributed by atoms with E-state index in [2.05, 4.69) is 49.9 Å². The molecule has 0 amide bonds. The van der Waals surface area contributed by atoms with Crippen molar-refractivity contribution >= 4 is 0 Å². The SMILES string of the molecule is CCCCCCCCCCCCCCCCCCCN1C=CN(CCCCCCCCCC)C1C(C)C. The van der Waals surface area contributed by atoms with Crippen molar-refractivity contribution in [3.05, 3.63) is 12.4 Å². The maximum Gasteiger partial charge on any atom is 0.103 e. The molecule has 0 aliphatic carbocycles. The molecule has 0 spiro atoms. The highest BCUT2D eigenvalue weighted by Crippen LogP contribution is 2.24. The first-order chi connectivity index (χ1) is 18.2. The van der Waals surface area contributed by atoms with Crippen molar-refractivity contribution < 1.29 is 0 Å². The van der Waals surface area contributed by atoms with Crippen LogP contribution in [0.3, 0.4) is 0 Å². The number of nitrogens with zero attached hydrogens (tertiary/aromatic N) is 2. The van der Waals surface area contributed by atoms with Crippen LogP contribution in [0.1, 0.15) is 188 Å². The number of rotatable bonds is 28. The Morgan fingerprint density at radius 1 is 0.405 bits per heavy atom. The summed E-state index contributed by atoms with van der Waals surface area (Å²) < 4.78 is 0. The minimum absolute atomic E-state index is 0.589. The highest BCUT2D eigenvalue weighted by molar-refractivity contribution is 4.98.